The molecule has 0 saturated carbocycles. The smallest absolute Gasteiger partial charge is 0.141 e. The van der Waals surface area contributed by atoms with Gasteiger partial charge in [-0.25, -0.2) is 9.97 Å². The van der Waals surface area contributed by atoms with Crippen molar-refractivity contribution in [2.24, 2.45) is 5.92 Å². The summed E-state index contributed by atoms with van der Waals surface area (Å²) in [7, 11) is 0. The Morgan fingerprint density at radius 3 is 2.58 bits per heavy atom. The predicted molar refractivity (Wildman–Crippen MR) is 110 cm³/mol. The molecule has 3 nitrogen and oxygen atoms in total. The van der Waals surface area contributed by atoms with E-state index < -0.39 is 0 Å². The highest BCUT2D eigenvalue weighted by molar-refractivity contribution is 5.85. The summed E-state index contributed by atoms with van der Waals surface area (Å²) in [6.45, 7) is 12.1. The number of nitrogens with zero attached hydrogens (tertiary/aromatic N) is 2. The summed E-state index contributed by atoms with van der Waals surface area (Å²) < 4.78 is 0. The van der Waals surface area contributed by atoms with Crippen molar-refractivity contribution in [2.45, 2.75) is 26.7 Å². The molecule has 0 unspecified atom stereocenters. The van der Waals surface area contributed by atoms with Crippen molar-refractivity contribution in [2.75, 3.05) is 0 Å². The molecule has 132 valence electrons. The van der Waals surface area contributed by atoms with Crippen molar-refractivity contribution in [1.29, 1.82) is 0 Å². The SMILES string of the molecule is C=C/C=C(\C=C)Cc1ncnc2[nH]c(-c3ccc(CC(C)C)cc3)cc12. The first kappa shape index (κ1) is 17.9. The third-order valence-electron chi connectivity index (χ3n) is 4.38. The van der Waals surface area contributed by atoms with Gasteiger partial charge in [-0.15, -0.1) is 0 Å². The van der Waals surface area contributed by atoms with Crippen molar-refractivity contribution < 1.29 is 0 Å². The van der Waals surface area contributed by atoms with E-state index >= 15 is 0 Å². The van der Waals surface area contributed by atoms with E-state index in [9.17, 15) is 0 Å². The van der Waals surface area contributed by atoms with Crippen LogP contribution in [0.15, 0.2) is 73.6 Å². The fourth-order valence-corrected chi connectivity index (χ4v) is 3.12. The number of hydrogen-bond donors (Lipinski definition) is 1. The summed E-state index contributed by atoms with van der Waals surface area (Å²) in [5, 5.41) is 1.05. The van der Waals surface area contributed by atoms with E-state index in [4.69, 9.17) is 0 Å². The second-order valence-corrected chi connectivity index (χ2v) is 6.92. The molecule has 0 bridgehead atoms. The maximum Gasteiger partial charge on any atom is 0.141 e. The van der Waals surface area contributed by atoms with Gasteiger partial charge < -0.3 is 4.98 Å². The molecule has 1 N–H and O–H groups in total. The van der Waals surface area contributed by atoms with Crippen LogP contribution in [0, 0.1) is 5.92 Å². The van der Waals surface area contributed by atoms with Crippen LogP contribution >= 0.6 is 0 Å². The number of aromatic nitrogens is 3. The van der Waals surface area contributed by atoms with Gasteiger partial charge in [-0.3, -0.25) is 0 Å². The molecule has 3 rings (SSSR count). The van der Waals surface area contributed by atoms with Crippen LogP contribution < -0.4 is 0 Å². The van der Waals surface area contributed by atoms with Crippen LogP contribution in [0.25, 0.3) is 22.3 Å². The van der Waals surface area contributed by atoms with Crippen molar-refractivity contribution in [3.05, 3.63) is 84.9 Å². The van der Waals surface area contributed by atoms with Gasteiger partial charge in [0.25, 0.3) is 0 Å². The molecule has 0 aliphatic heterocycles. The summed E-state index contributed by atoms with van der Waals surface area (Å²) in [6.07, 6.45) is 9.00. The standard InChI is InChI=1S/C23H25N3/c1-5-7-17(6-2)13-22-20-14-21(26-23(20)25-15-24-22)19-10-8-18(9-11-19)12-16(3)4/h5-11,14-16H,1-2,12-13H2,3-4H3,(H,24,25,26)/b17-7+. The zero-order valence-electron chi connectivity index (χ0n) is 15.5. The molecule has 3 heteroatoms. The summed E-state index contributed by atoms with van der Waals surface area (Å²) >= 11 is 0. The number of rotatable bonds is 7. The zero-order valence-corrected chi connectivity index (χ0v) is 15.5. The average Bonchev–Trinajstić information content (AvgIpc) is 3.06. The zero-order chi connectivity index (χ0) is 18.5. The largest absolute Gasteiger partial charge is 0.339 e. The first-order chi connectivity index (χ1) is 12.6. The van der Waals surface area contributed by atoms with Gasteiger partial charge in [-0.05, 0) is 35.1 Å². The molecule has 26 heavy (non-hydrogen) atoms. The molecule has 1 aromatic carbocycles. The lowest BCUT2D eigenvalue weighted by Crippen LogP contribution is -1.94. The van der Waals surface area contributed by atoms with Crippen LogP contribution in [0.5, 0.6) is 0 Å². The third-order valence-corrected chi connectivity index (χ3v) is 4.38. The molecule has 0 atom stereocenters. The second-order valence-electron chi connectivity index (χ2n) is 6.92. The molecule has 3 aromatic rings. The Kier molecular flexibility index (Phi) is 5.47. The number of allylic oxidation sites excluding steroid dienone is 4. The van der Waals surface area contributed by atoms with E-state index in [0.717, 1.165) is 40.0 Å². The van der Waals surface area contributed by atoms with E-state index in [1.807, 2.05) is 12.2 Å². The molecule has 2 heterocycles. The molecule has 0 amide bonds. The number of benzene rings is 1. The molecule has 0 fully saturated rings. The summed E-state index contributed by atoms with van der Waals surface area (Å²) in [5.41, 5.74) is 6.52. The average molecular weight is 343 g/mol. The van der Waals surface area contributed by atoms with Gasteiger partial charge in [0.05, 0.1) is 5.69 Å². The Morgan fingerprint density at radius 2 is 1.92 bits per heavy atom. The molecule has 0 saturated heterocycles. The highest BCUT2D eigenvalue weighted by Crippen LogP contribution is 2.26. The Labute approximate surface area is 155 Å². The fraction of sp³-hybridized carbons (Fsp3) is 0.217. The Morgan fingerprint density at radius 1 is 1.15 bits per heavy atom. The normalized spacial score (nSPS) is 11.9. The number of nitrogens with one attached hydrogen (secondary N) is 1. The number of fused-ring (bicyclic) bond motifs is 1. The van der Waals surface area contributed by atoms with E-state index in [-0.39, 0.29) is 0 Å². The maximum atomic E-state index is 4.48. The first-order valence-electron chi connectivity index (χ1n) is 8.96. The molecule has 2 aromatic heterocycles. The van der Waals surface area contributed by atoms with Crippen LogP contribution in [-0.2, 0) is 12.8 Å². The molecule has 0 radical (unpaired) electrons. The second kappa shape index (κ2) is 7.96. The minimum Gasteiger partial charge on any atom is -0.339 e. The topological polar surface area (TPSA) is 41.6 Å². The van der Waals surface area contributed by atoms with E-state index in [1.165, 1.54) is 5.56 Å². The van der Waals surface area contributed by atoms with Gasteiger partial charge in [-0.1, -0.05) is 69.5 Å². The molecule has 0 aliphatic carbocycles. The monoisotopic (exact) mass is 343 g/mol. The van der Waals surface area contributed by atoms with Crippen LogP contribution in [0.3, 0.4) is 0 Å². The summed E-state index contributed by atoms with van der Waals surface area (Å²) in [6, 6.07) is 10.9. The highest BCUT2D eigenvalue weighted by atomic mass is 14.9. The number of H-pyrrole nitrogens is 1. The van der Waals surface area contributed by atoms with E-state index in [0.29, 0.717) is 12.3 Å². The lowest BCUT2D eigenvalue weighted by atomic mass is 10.0. The summed E-state index contributed by atoms with van der Waals surface area (Å²) in [5.74, 6) is 0.662. The van der Waals surface area contributed by atoms with E-state index in [1.54, 1.807) is 12.4 Å². The fourth-order valence-electron chi connectivity index (χ4n) is 3.12. The molecular formula is C23H25N3. The number of hydrogen-bond acceptors (Lipinski definition) is 2. The van der Waals surface area contributed by atoms with Crippen LogP contribution in [0.1, 0.15) is 25.1 Å². The van der Waals surface area contributed by atoms with Gasteiger partial charge in [0, 0.05) is 17.5 Å². The maximum absolute atomic E-state index is 4.48. The van der Waals surface area contributed by atoms with E-state index in [2.05, 4.69) is 72.3 Å². The van der Waals surface area contributed by atoms with Gasteiger partial charge >= 0.3 is 0 Å². The van der Waals surface area contributed by atoms with Gasteiger partial charge in [0.1, 0.15) is 12.0 Å². The molecular weight excluding hydrogens is 318 g/mol. The van der Waals surface area contributed by atoms with Crippen molar-refractivity contribution >= 4 is 11.0 Å². The highest BCUT2D eigenvalue weighted by Gasteiger charge is 2.10. The third kappa shape index (κ3) is 3.99. The van der Waals surface area contributed by atoms with Gasteiger partial charge in [0.2, 0.25) is 0 Å². The van der Waals surface area contributed by atoms with Crippen LogP contribution in [0.4, 0.5) is 0 Å². The predicted octanol–water partition coefficient (Wildman–Crippen LogP) is 5.66. The van der Waals surface area contributed by atoms with Gasteiger partial charge in [-0.2, -0.15) is 0 Å². The Bertz CT molecular complexity index is 943. The molecule has 0 aliphatic rings. The molecule has 0 spiro atoms. The van der Waals surface area contributed by atoms with Gasteiger partial charge in [0.15, 0.2) is 0 Å². The minimum atomic E-state index is 0.662. The van der Waals surface area contributed by atoms with Crippen LogP contribution in [-0.4, -0.2) is 15.0 Å². The minimum absolute atomic E-state index is 0.662. The van der Waals surface area contributed by atoms with Crippen molar-refractivity contribution in [1.82, 2.24) is 15.0 Å². The number of aromatic amines is 1. The van der Waals surface area contributed by atoms with Crippen LogP contribution in [0.2, 0.25) is 0 Å². The lowest BCUT2D eigenvalue weighted by Gasteiger charge is -2.05. The van der Waals surface area contributed by atoms with Crippen molar-refractivity contribution in [3.63, 3.8) is 0 Å². The Hall–Kier alpha value is -2.94. The lowest BCUT2D eigenvalue weighted by molar-refractivity contribution is 0.647. The Balaban J connectivity index is 1.94. The quantitative estimate of drug-likeness (QED) is 0.562. The first-order valence-corrected chi connectivity index (χ1v) is 8.96. The summed E-state index contributed by atoms with van der Waals surface area (Å²) in [4.78, 5) is 12.3. The van der Waals surface area contributed by atoms with Crippen molar-refractivity contribution in [3.8, 4) is 11.3 Å².